The number of methoxy groups -OCH3 is 4. The molecule has 4 amide bonds. The average molecular weight is 1580 g/mol. The summed E-state index contributed by atoms with van der Waals surface area (Å²) in [5.41, 5.74) is 8.85. The van der Waals surface area contributed by atoms with Crippen LogP contribution in [0.3, 0.4) is 0 Å². The van der Waals surface area contributed by atoms with Crippen molar-refractivity contribution in [3.8, 4) is 90.5 Å². The third-order valence-corrected chi connectivity index (χ3v) is 21.7. The van der Waals surface area contributed by atoms with E-state index < -0.39 is 34.6 Å². The summed E-state index contributed by atoms with van der Waals surface area (Å²) in [6, 6.07) is 34.0. The minimum absolute atomic E-state index is 0.0269. The molecule has 8 aromatic rings. The topological polar surface area (TPSA) is 253 Å². The Balaban J connectivity index is 0.000000218. The van der Waals surface area contributed by atoms with Crippen LogP contribution in [0.2, 0.25) is 20.1 Å². The third kappa shape index (κ3) is 20.3. The van der Waals surface area contributed by atoms with Gasteiger partial charge in [-0.1, -0.05) is 107 Å². The summed E-state index contributed by atoms with van der Waals surface area (Å²) in [5.74, 6) is 2.14. The number of amides is 4. The van der Waals surface area contributed by atoms with Crippen LogP contribution in [-0.2, 0) is 45.2 Å². The predicted octanol–water partition coefficient (Wildman–Crippen LogP) is 16.3. The van der Waals surface area contributed by atoms with E-state index in [2.05, 4.69) is 20.6 Å². The number of likely N-dealkylation sites (tertiary alicyclic amines) is 2. The Bertz CT molecular complexity index is 4370. The highest BCUT2D eigenvalue weighted by atomic mass is 35.5. The van der Waals surface area contributed by atoms with Crippen molar-refractivity contribution in [3.05, 3.63) is 164 Å². The molecule has 0 spiro atoms. The summed E-state index contributed by atoms with van der Waals surface area (Å²) >= 11 is 28.5. The van der Waals surface area contributed by atoms with Gasteiger partial charge in [0, 0.05) is 157 Å². The Hall–Kier alpha value is -8.84. The zero-order valence-corrected chi connectivity index (χ0v) is 67.5. The second-order valence-corrected chi connectivity index (χ2v) is 32.0. The highest BCUT2D eigenvalue weighted by molar-refractivity contribution is 6.40. The molecule has 4 N–H and O–H groups in total. The quantitative estimate of drug-likeness (QED) is 0.0439. The SMILES string of the molecule is COc1cc(-c2nccc(-c3cccc(-c4ccc(CN(C(=O)OC(C)(C)C)C5CCN(C(C)=O)CC5)c(OC)n4)c3Cl)c2Cl)ccc1CNCC1(O)CC1.COc1cc(-c2nccc(-c3cccc(-c4ccc(CN(C(=O)OC(C)(C)C)C5CCN(C(C)=O)CC5)c(OC)n4)c3Cl)c2Cl)ccc1CNCC1(O)CC1. The van der Waals surface area contributed by atoms with Crippen molar-refractivity contribution in [2.45, 2.75) is 167 Å². The van der Waals surface area contributed by atoms with Crippen LogP contribution in [0.5, 0.6) is 23.3 Å². The molecule has 4 fully saturated rings. The van der Waals surface area contributed by atoms with Crippen molar-refractivity contribution in [2.24, 2.45) is 0 Å². The molecule has 4 aliphatic rings. The molecular formula is C84H98Cl4N10O12. The second-order valence-electron chi connectivity index (χ2n) is 30.5. The molecule has 4 aromatic heterocycles. The van der Waals surface area contributed by atoms with Crippen LogP contribution in [0.25, 0.3) is 67.3 Å². The summed E-state index contributed by atoms with van der Waals surface area (Å²) in [6.45, 7) is 19.0. The van der Waals surface area contributed by atoms with Gasteiger partial charge in [-0.25, -0.2) is 19.6 Å². The Morgan fingerprint density at radius 3 is 1.15 bits per heavy atom. The summed E-state index contributed by atoms with van der Waals surface area (Å²) < 4.78 is 34.7. The van der Waals surface area contributed by atoms with Crippen LogP contribution in [0.15, 0.2) is 122 Å². The van der Waals surface area contributed by atoms with E-state index >= 15 is 0 Å². The van der Waals surface area contributed by atoms with Crippen LogP contribution < -0.4 is 29.6 Å². The fraction of sp³-hybridized carbons (Fsp3) is 0.429. The van der Waals surface area contributed by atoms with Gasteiger partial charge in [-0.05, 0) is 141 Å². The molecule has 584 valence electrons. The second kappa shape index (κ2) is 35.2. The van der Waals surface area contributed by atoms with Gasteiger partial charge >= 0.3 is 12.2 Å². The van der Waals surface area contributed by atoms with Gasteiger partial charge in [0.25, 0.3) is 0 Å². The number of hydrogen-bond acceptors (Lipinski definition) is 18. The first-order valence-corrected chi connectivity index (χ1v) is 38.6. The number of piperidine rings is 2. The van der Waals surface area contributed by atoms with Gasteiger partial charge in [0.05, 0.1) is 95.6 Å². The number of carbonyl (C=O) groups is 4. The van der Waals surface area contributed by atoms with E-state index in [0.29, 0.717) is 189 Å². The lowest BCUT2D eigenvalue weighted by Gasteiger charge is -2.39. The predicted molar refractivity (Wildman–Crippen MR) is 429 cm³/mol. The molecule has 2 saturated heterocycles. The molecule has 2 aliphatic carbocycles. The van der Waals surface area contributed by atoms with Crippen molar-refractivity contribution in [1.82, 2.24) is 50.2 Å². The molecule has 0 atom stereocenters. The first-order chi connectivity index (χ1) is 52.4. The molecular weight excluding hydrogens is 1480 g/mol. The van der Waals surface area contributed by atoms with Crippen molar-refractivity contribution in [3.63, 3.8) is 0 Å². The van der Waals surface area contributed by atoms with Crippen molar-refractivity contribution < 1.29 is 57.8 Å². The fourth-order valence-electron chi connectivity index (χ4n) is 13.7. The van der Waals surface area contributed by atoms with E-state index in [1.165, 1.54) is 0 Å². The molecule has 4 aromatic carbocycles. The van der Waals surface area contributed by atoms with E-state index in [1.54, 1.807) is 74.3 Å². The first-order valence-electron chi connectivity index (χ1n) is 37.1. The molecule has 0 bridgehead atoms. The number of nitrogens with one attached hydrogen (secondary N) is 2. The molecule has 0 radical (unpaired) electrons. The van der Waals surface area contributed by atoms with Crippen LogP contribution in [-0.4, -0.2) is 176 Å². The lowest BCUT2D eigenvalue weighted by Crippen LogP contribution is -2.49. The van der Waals surface area contributed by atoms with Gasteiger partial charge in [-0.3, -0.25) is 19.6 Å². The van der Waals surface area contributed by atoms with Crippen molar-refractivity contribution in [2.75, 3.05) is 67.7 Å². The summed E-state index contributed by atoms with van der Waals surface area (Å²) in [5, 5.41) is 28.8. The van der Waals surface area contributed by atoms with E-state index in [9.17, 15) is 29.4 Å². The minimum atomic E-state index is -0.683. The molecule has 110 heavy (non-hydrogen) atoms. The smallest absolute Gasteiger partial charge is 0.410 e. The highest BCUT2D eigenvalue weighted by Crippen LogP contribution is 2.46. The number of pyridine rings is 4. The normalized spacial score (nSPS) is 15.4. The number of ether oxygens (including phenoxy) is 6. The van der Waals surface area contributed by atoms with Crippen LogP contribution in [0.4, 0.5) is 9.59 Å². The molecule has 26 heteroatoms. The van der Waals surface area contributed by atoms with E-state index in [-0.39, 0.29) is 37.0 Å². The molecule has 2 saturated carbocycles. The number of halogens is 4. The van der Waals surface area contributed by atoms with E-state index in [1.807, 2.05) is 151 Å². The number of benzene rings is 4. The van der Waals surface area contributed by atoms with Crippen LogP contribution in [0, 0.1) is 0 Å². The summed E-state index contributed by atoms with van der Waals surface area (Å²) in [6.07, 6.45) is 8.37. The lowest BCUT2D eigenvalue weighted by molar-refractivity contribution is -0.131. The maximum Gasteiger partial charge on any atom is 0.410 e. The number of nitrogens with zero attached hydrogens (tertiary/aromatic N) is 8. The van der Waals surface area contributed by atoms with Crippen molar-refractivity contribution >= 4 is 70.4 Å². The molecule has 22 nitrogen and oxygen atoms in total. The van der Waals surface area contributed by atoms with Gasteiger partial charge < -0.3 is 68.9 Å². The number of rotatable bonds is 24. The molecule has 0 unspecified atom stereocenters. The first kappa shape index (κ1) is 82.1. The summed E-state index contributed by atoms with van der Waals surface area (Å²) in [4.78, 5) is 77.1. The molecule has 12 rings (SSSR count). The van der Waals surface area contributed by atoms with Crippen LogP contribution >= 0.6 is 46.4 Å². The Morgan fingerprint density at radius 1 is 0.482 bits per heavy atom. The maximum absolute atomic E-state index is 13.6. The third-order valence-electron chi connectivity index (χ3n) is 20.1. The highest BCUT2D eigenvalue weighted by Gasteiger charge is 2.41. The van der Waals surface area contributed by atoms with Gasteiger partial charge in [0.15, 0.2) is 0 Å². The van der Waals surface area contributed by atoms with Gasteiger partial charge in [0.2, 0.25) is 23.6 Å². The standard InChI is InChI=1S/2C42H49Cl2N5O6/c2*1-26(50)48-20-15-30(16-21-48)49(40(51)55-41(2,3)4)24-29-12-13-34(47-39(29)54-6)33-9-7-8-31(36(33)43)32-14-19-46-38(37(32)44)27-10-11-28(35(22-27)53-5)23-45-25-42(52)17-18-42/h2*7-14,19,22,30,45,52H,15-18,20-21,23-25H2,1-6H3. The van der Waals surface area contributed by atoms with Gasteiger partial charge in [-0.15, -0.1) is 0 Å². The Kier molecular flexibility index (Phi) is 26.3. The zero-order chi connectivity index (χ0) is 79.0. The monoisotopic (exact) mass is 1580 g/mol. The Labute approximate surface area is 664 Å². The lowest BCUT2D eigenvalue weighted by atomic mass is 9.99. The molecule has 6 heterocycles. The van der Waals surface area contributed by atoms with Gasteiger partial charge in [-0.2, -0.15) is 0 Å². The number of aliphatic hydroxyl groups is 2. The molecule has 2 aliphatic heterocycles. The largest absolute Gasteiger partial charge is 0.496 e. The van der Waals surface area contributed by atoms with Crippen LogP contribution in [0.1, 0.15) is 129 Å². The minimum Gasteiger partial charge on any atom is -0.496 e. The van der Waals surface area contributed by atoms with E-state index in [4.69, 9.17) is 84.8 Å². The average Bonchev–Trinajstić information content (AvgIpc) is 1.28. The number of aromatic nitrogens is 4. The number of hydrogen-bond donors (Lipinski definition) is 4. The maximum atomic E-state index is 13.6. The fourth-order valence-corrected chi connectivity index (χ4v) is 15.0. The number of carbonyl (C=O) groups excluding carboxylic acids is 4. The van der Waals surface area contributed by atoms with E-state index in [0.717, 1.165) is 47.9 Å². The zero-order valence-electron chi connectivity index (χ0n) is 64.5. The van der Waals surface area contributed by atoms with Crippen molar-refractivity contribution in [1.29, 1.82) is 0 Å². The Morgan fingerprint density at radius 2 is 0.827 bits per heavy atom. The van der Waals surface area contributed by atoms with Gasteiger partial charge in [0.1, 0.15) is 22.7 Å². The summed E-state index contributed by atoms with van der Waals surface area (Å²) in [7, 11) is 6.35.